The summed E-state index contributed by atoms with van der Waals surface area (Å²) >= 11 is 6.77. The molecule has 1 amide bonds. The van der Waals surface area contributed by atoms with Gasteiger partial charge in [-0.05, 0) is 59.9 Å². The van der Waals surface area contributed by atoms with E-state index in [-0.39, 0.29) is 5.91 Å². The van der Waals surface area contributed by atoms with Gasteiger partial charge in [0.15, 0.2) is 0 Å². The van der Waals surface area contributed by atoms with Gasteiger partial charge in [0, 0.05) is 21.5 Å². The summed E-state index contributed by atoms with van der Waals surface area (Å²) < 4.78 is 1.73. The van der Waals surface area contributed by atoms with Crippen LogP contribution in [0.3, 0.4) is 0 Å². The maximum atomic E-state index is 12.0. The van der Waals surface area contributed by atoms with Crippen LogP contribution in [0.4, 0.5) is 0 Å². The predicted octanol–water partition coefficient (Wildman–Crippen LogP) is 3.08. The van der Waals surface area contributed by atoms with Crippen LogP contribution in [0.25, 0.3) is 0 Å². The van der Waals surface area contributed by atoms with Gasteiger partial charge in [-0.15, -0.1) is 0 Å². The summed E-state index contributed by atoms with van der Waals surface area (Å²) in [4.78, 5) is 12.0. The Morgan fingerprint density at radius 3 is 3.00 bits per heavy atom. The maximum Gasteiger partial charge on any atom is 0.252 e. The molecule has 0 bridgehead atoms. The van der Waals surface area contributed by atoms with Gasteiger partial charge in [-0.1, -0.05) is 15.9 Å². The van der Waals surface area contributed by atoms with Gasteiger partial charge >= 0.3 is 0 Å². The fraction of sp³-hybridized carbons (Fsp3) is 0.462. The summed E-state index contributed by atoms with van der Waals surface area (Å²) in [5.41, 5.74) is 0.670. The van der Waals surface area contributed by atoms with Crippen LogP contribution in [-0.4, -0.2) is 25.0 Å². The average molecular weight is 376 g/mol. The Bertz CT molecular complexity index is 431. The standard InChI is InChI=1S/C13H16Br2N2O/c14-9-3-4-12(15)11(8-9)13(18)17-7-5-10-2-1-6-16-10/h3-4,8,10,16H,1-2,5-7H2,(H,17,18)/t10-/m1/s1. The van der Waals surface area contributed by atoms with Gasteiger partial charge < -0.3 is 10.6 Å². The molecule has 0 aliphatic carbocycles. The molecule has 0 aromatic heterocycles. The third-order valence-corrected chi connectivity index (χ3v) is 4.30. The van der Waals surface area contributed by atoms with Crippen molar-refractivity contribution >= 4 is 37.8 Å². The molecular weight excluding hydrogens is 360 g/mol. The van der Waals surface area contributed by atoms with Gasteiger partial charge in [0.1, 0.15) is 0 Å². The molecule has 1 aliphatic rings. The van der Waals surface area contributed by atoms with E-state index in [4.69, 9.17) is 0 Å². The van der Waals surface area contributed by atoms with Crippen LogP contribution >= 0.6 is 31.9 Å². The molecule has 0 spiro atoms. The van der Waals surface area contributed by atoms with Crippen molar-refractivity contribution in [2.75, 3.05) is 13.1 Å². The minimum Gasteiger partial charge on any atom is -0.352 e. The van der Waals surface area contributed by atoms with Gasteiger partial charge in [0.05, 0.1) is 5.56 Å². The van der Waals surface area contributed by atoms with E-state index in [1.165, 1.54) is 12.8 Å². The highest BCUT2D eigenvalue weighted by molar-refractivity contribution is 9.11. The molecule has 1 saturated heterocycles. The summed E-state index contributed by atoms with van der Waals surface area (Å²) in [6, 6.07) is 6.17. The fourth-order valence-electron chi connectivity index (χ4n) is 2.13. The summed E-state index contributed by atoms with van der Waals surface area (Å²) in [6.45, 7) is 1.82. The first-order valence-electron chi connectivity index (χ1n) is 6.13. The van der Waals surface area contributed by atoms with Crippen LogP contribution in [-0.2, 0) is 0 Å². The van der Waals surface area contributed by atoms with Crippen molar-refractivity contribution in [2.24, 2.45) is 0 Å². The summed E-state index contributed by atoms with van der Waals surface area (Å²) in [7, 11) is 0. The number of halogens is 2. The third kappa shape index (κ3) is 3.80. The van der Waals surface area contributed by atoms with E-state index in [1.807, 2.05) is 18.2 Å². The normalized spacial score (nSPS) is 18.9. The van der Waals surface area contributed by atoms with E-state index >= 15 is 0 Å². The smallest absolute Gasteiger partial charge is 0.252 e. The van der Waals surface area contributed by atoms with E-state index in [9.17, 15) is 4.79 Å². The van der Waals surface area contributed by atoms with Crippen LogP contribution in [0, 0.1) is 0 Å². The predicted molar refractivity (Wildman–Crippen MR) is 79.8 cm³/mol. The SMILES string of the molecule is O=C(NCC[C@H]1CCCN1)c1cc(Br)ccc1Br. The van der Waals surface area contributed by atoms with E-state index in [0.717, 1.165) is 28.5 Å². The Hall–Kier alpha value is -0.390. The van der Waals surface area contributed by atoms with Crippen LogP contribution in [0.1, 0.15) is 29.6 Å². The molecule has 2 rings (SSSR count). The number of carbonyl (C=O) groups excluding carboxylic acids is 1. The molecule has 1 aliphatic heterocycles. The number of amides is 1. The van der Waals surface area contributed by atoms with Crippen molar-refractivity contribution in [1.82, 2.24) is 10.6 Å². The van der Waals surface area contributed by atoms with Crippen molar-refractivity contribution in [3.05, 3.63) is 32.7 Å². The Labute approximate surface area is 124 Å². The van der Waals surface area contributed by atoms with Crippen molar-refractivity contribution in [3.63, 3.8) is 0 Å². The minimum atomic E-state index is -0.0267. The van der Waals surface area contributed by atoms with Gasteiger partial charge in [-0.3, -0.25) is 4.79 Å². The number of hydrogen-bond acceptors (Lipinski definition) is 2. The molecule has 0 unspecified atom stereocenters. The molecule has 3 nitrogen and oxygen atoms in total. The second kappa shape index (κ2) is 6.68. The number of benzene rings is 1. The maximum absolute atomic E-state index is 12.0. The summed E-state index contributed by atoms with van der Waals surface area (Å²) in [6.07, 6.45) is 3.46. The molecular formula is C13H16Br2N2O. The van der Waals surface area contributed by atoms with E-state index in [0.29, 0.717) is 11.6 Å². The molecule has 1 atom stereocenters. The quantitative estimate of drug-likeness (QED) is 0.848. The second-order valence-electron chi connectivity index (χ2n) is 4.46. The van der Waals surface area contributed by atoms with Crippen molar-refractivity contribution in [1.29, 1.82) is 0 Å². The third-order valence-electron chi connectivity index (χ3n) is 3.11. The lowest BCUT2D eigenvalue weighted by molar-refractivity contribution is 0.0951. The lowest BCUT2D eigenvalue weighted by Gasteiger charge is -2.11. The number of carbonyl (C=O) groups is 1. The molecule has 0 saturated carbocycles. The minimum absolute atomic E-state index is 0.0267. The number of hydrogen-bond donors (Lipinski definition) is 2. The first-order chi connectivity index (χ1) is 8.66. The van der Waals surface area contributed by atoms with Crippen molar-refractivity contribution in [2.45, 2.75) is 25.3 Å². The lowest BCUT2D eigenvalue weighted by atomic mass is 10.1. The van der Waals surface area contributed by atoms with E-state index < -0.39 is 0 Å². The number of rotatable bonds is 4. The van der Waals surface area contributed by atoms with Crippen molar-refractivity contribution in [3.8, 4) is 0 Å². The molecule has 1 aromatic rings. The first-order valence-corrected chi connectivity index (χ1v) is 7.72. The summed E-state index contributed by atoms with van der Waals surface area (Å²) in [5, 5.41) is 6.39. The number of nitrogens with one attached hydrogen (secondary N) is 2. The van der Waals surface area contributed by atoms with Gasteiger partial charge in [0.25, 0.3) is 5.91 Å². The van der Waals surface area contributed by atoms with E-state index in [1.54, 1.807) is 0 Å². The Morgan fingerprint density at radius 2 is 2.28 bits per heavy atom. The first kappa shape index (κ1) is 14.0. The van der Waals surface area contributed by atoms with Crippen LogP contribution in [0.15, 0.2) is 27.1 Å². The topological polar surface area (TPSA) is 41.1 Å². The zero-order chi connectivity index (χ0) is 13.0. The fourth-order valence-corrected chi connectivity index (χ4v) is 2.92. The summed E-state index contributed by atoms with van der Waals surface area (Å²) in [5.74, 6) is -0.0267. The molecule has 98 valence electrons. The van der Waals surface area contributed by atoms with E-state index in [2.05, 4.69) is 42.5 Å². The van der Waals surface area contributed by atoms with Crippen LogP contribution in [0.5, 0.6) is 0 Å². The molecule has 5 heteroatoms. The van der Waals surface area contributed by atoms with Crippen LogP contribution < -0.4 is 10.6 Å². The van der Waals surface area contributed by atoms with Gasteiger partial charge in [-0.25, -0.2) is 0 Å². The monoisotopic (exact) mass is 374 g/mol. The molecule has 1 heterocycles. The Kier molecular flexibility index (Phi) is 5.21. The molecule has 0 radical (unpaired) electrons. The van der Waals surface area contributed by atoms with Gasteiger partial charge in [-0.2, -0.15) is 0 Å². The zero-order valence-corrected chi connectivity index (χ0v) is 13.2. The highest BCUT2D eigenvalue weighted by Crippen LogP contribution is 2.21. The molecule has 1 fully saturated rings. The zero-order valence-electron chi connectivity index (χ0n) is 10.0. The second-order valence-corrected chi connectivity index (χ2v) is 6.23. The molecule has 2 N–H and O–H groups in total. The Morgan fingerprint density at radius 1 is 1.44 bits per heavy atom. The van der Waals surface area contributed by atoms with Crippen LogP contribution in [0.2, 0.25) is 0 Å². The largest absolute Gasteiger partial charge is 0.352 e. The Balaban J connectivity index is 1.85. The van der Waals surface area contributed by atoms with Crippen molar-refractivity contribution < 1.29 is 4.79 Å². The van der Waals surface area contributed by atoms with Gasteiger partial charge in [0.2, 0.25) is 0 Å². The molecule has 1 aromatic carbocycles. The average Bonchev–Trinajstić information content (AvgIpc) is 2.85. The highest BCUT2D eigenvalue weighted by Gasteiger charge is 2.15. The highest BCUT2D eigenvalue weighted by atomic mass is 79.9. The molecule has 18 heavy (non-hydrogen) atoms. The lowest BCUT2D eigenvalue weighted by Crippen LogP contribution is -2.30.